The van der Waals surface area contributed by atoms with Crippen molar-refractivity contribution < 1.29 is 9.90 Å². The number of phenols is 1. The van der Waals surface area contributed by atoms with Crippen LogP contribution in [-0.4, -0.2) is 16.7 Å². The first kappa shape index (κ1) is 13.5. The van der Waals surface area contributed by atoms with Gasteiger partial charge in [0.15, 0.2) is 0 Å². The van der Waals surface area contributed by atoms with Gasteiger partial charge in [-0.25, -0.2) is 5.43 Å². The summed E-state index contributed by atoms with van der Waals surface area (Å²) in [6.07, 6.45) is 1.79. The molecule has 4 nitrogen and oxygen atoms in total. The van der Waals surface area contributed by atoms with Gasteiger partial charge in [-0.2, -0.15) is 5.10 Å². The molecule has 0 saturated carbocycles. The molecule has 0 aliphatic carbocycles. The zero-order valence-electron chi connectivity index (χ0n) is 9.83. The fraction of sp³-hybridized carbons (Fsp3) is 0.333. The topological polar surface area (TPSA) is 61.7 Å². The van der Waals surface area contributed by atoms with E-state index < -0.39 is 5.91 Å². The molecule has 0 atom stereocenters. The standard InChI is InChI=1S/C12H15ClN2O2/c1-3-4-8(2)14-15-12(17)10-7-9(13)5-6-11(10)16/h5-7,16H,3-4H2,1-2H3,(H,15,17). The summed E-state index contributed by atoms with van der Waals surface area (Å²) >= 11 is 5.75. The van der Waals surface area contributed by atoms with Crippen molar-refractivity contribution in [2.75, 3.05) is 0 Å². The highest BCUT2D eigenvalue weighted by molar-refractivity contribution is 6.31. The number of nitrogens with one attached hydrogen (secondary N) is 1. The molecule has 0 fully saturated rings. The molecule has 0 heterocycles. The van der Waals surface area contributed by atoms with Crippen LogP contribution in [0.4, 0.5) is 0 Å². The van der Waals surface area contributed by atoms with E-state index in [0.29, 0.717) is 5.02 Å². The molecule has 0 bridgehead atoms. The Hall–Kier alpha value is -1.55. The maximum absolute atomic E-state index is 11.7. The van der Waals surface area contributed by atoms with E-state index in [0.717, 1.165) is 18.6 Å². The molecule has 0 spiro atoms. The molecule has 1 rings (SSSR count). The number of aromatic hydroxyl groups is 1. The average Bonchev–Trinajstić information content (AvgIpc) is 2.29. The second kappa shape index (κ2) is 6.25. The van der Waals surface area contributed by atoms with Gasteiger partial charge < -0.3 is 5.11 Å². The average molecular weight is 255 g/mol. The number of carbonyl (C=O) groups is 1. The summed E-state index contributed by atoms with van der Waals surface area (Å²) in [7, 11) is 0. The third kappa shape index (κ3) is 4.07. The van der Waals surface area contributed by atoms with Gasteiger partial charge in [-0.05, 0) is 31.5 Å². The van der Waals surface area contributed by atoms with Gasteiger partial charge in [0.05, 0.1) is 5.56 Å². The van der Waals surface area contributed by atoms with E-state index in [4.69, 9.17) is 11.6 Å². The highest BCUT2D eigenvalue weighted by Crippen LogP contribution is 2.21. The molecule has 1 aromatic carbocycles. The molecular weight excluding hydrogens is 240 g/mol. The van der Waals surface area contributed by atoms with Gasteiger partial charge in [0.25, 0.3) is 5.91 Å². The number of phenolic OH excluding ortho intramolecular Hbond substituents is 1. The van der Waals surface area contributed by atoms with Gasteiger partial charge in [0.2, 0.25) is 0 Å². The first-order valence-corrected chi connectivity index (χ1v) is 5.74. The van der Waals surface area contributed by atoms with Crippen molar-refractivity contribution in [2.24, 2.45) is 5.10 Å². The van der Waals surface area contributed by atoms with Gasteiger partial charge >= 0.3 is 0 Å². The zero-order chi connectivity index (χ0) is 12.8. The molecule has 0 aliphatic heterocycles. The minimum absolute atomic E-state index is 0.116. The molecule has 5 heteroatoms. The van der Waals surface area contributed by atoms with Crippen molar-refractivity contribution in [1.29, 1.82) is 0 Å². The number of rotatable bonds is 4. The summed E-state index contributed by atoms with van der Waals surface area (Å²) in [6, 6.07) is 4.29. The summed E-state index contributed by atoms with van der Waals surface area (Å²) in [5.41, 5.74) is 3.33. The van der Waals surface area contributed by atoms with E-state index in [-0.39, 0.29) is 11.3 Å². The summed E-state index contributed by atoms with van der Waals surface area (Å²) < 4.78 is 0. The highest BCUT2D eigenvalue weighted by Gasteiger charge is 2.10. The lowest BCUT2D eigenvalue weighted by atomic mass is 10.2. The quantitative estimate of drug-likeness (QED) is 0.641. The van der Waals surface area contributed by atoms with Crippen LogP contribution < -0.4 is 5.43 Å². The third-order valence-electron chi connectivity index (χ3n) is 2.16. The second-order valence-electron chi connectivity index (χ2n) is 3.70. The van der Waals surface area contributed by atoms with Crippen LogP contribution in [0.25, 0.3) is 0 Å². The molecule has 1 amide bonds. The van der Waals surface area contributed by atoms with Crippen LogP contribution in [0, 0.1) is 0 Å². The first-order valence-electron chi connectivity index (χ1n) is 5.36. The van der Waals surface area contributed by atoms with E-state index >= 15 is 0 Å². The number of carbonyl (C=O) groups excluding carboxylic acids is 1. The Bertz CT molecular complexity index is 444. The largest absolute Gasteiger partial charge is 0.507 e. The second-order valence-corrected chi connectivity index (χ2v) is 4.14. The predicted octanol–water partition coefficient (Wildman–Crippen LogP) is 2.95. The lowest BCUT2D eigenvalue weighted by Crippen LogP contribution is -2.19. The van der Waals surface area contributed by atoms with Gasteiger partial charge in [0.1, 0.15) is 5.75 Å². The Morgan fingerprint density at radius 2 is 2.24 bits per heavy atom. The Labute approximate surface area is 105 Å². The number of hydrogen-bond donors (Lipinski definition) is 2. The van der Waals surface area contributed by atoms with Crippen LogP contribution in [-0.2, 0) is 0 Å². The Morgan fingerprint density at radius 3 is 2.88 bits per heavy atom. The van der Waals surface area contributed by atoms with Gasteiger partial charge in [0, 0.05) is 10.7 Å². The van der Waals surface area contributed by atoms with Gasteiger partial charge in [-0.3, -0.25) is 4.79 Å². The van der Waals surface area contributed by atoms with Crippen LogP contribution in [0.1, 0.15) is 37.0 Å². The molecule has 0 aromatic heterocycles. The minimum atomic E-state index is -0.472. The lowest BCUT2D eigenvalue weighted by Gasteiger charge is -2.04. The number of amides is 1. The van der Waals surface area contributed by atoms with Crippen LogP contribution in [0.3, 0.4) is 0 Å². The maximum atomic E-state index is 11.7. The van der Waals surface area contributed by atoms with Crippen molar-refractivity contribution in [3.8, 4) is 5.75 Å². The normalized spacial score (nSPS) is 11.4. The highest BCUT2D eigenvalue weighted by atomic mass is 35.5. The number of halogens is 1. The molecule has 2 N–H and O–H groups in total. The molecule has 0 aliphatic rings. The summed E-state index contributed by atoms with van der Waals surface area (Å²) in [5.74, 6) is -0.587. The molecule has 17 heavy (non-hydrogen) atoms. The fourth-order valence-electron chi connectivity index (χ4n) is 1.31. The van der Waals surface area contributed by atoms with Crippen LogP contribution >= 0.6 is 11.6 Å². The van der Waals surface area contributed by atoms with Gasteiger partial charge in [-0.1, -0.05) is 24.9 Å². The molecule has 0 saturated heterocycles. The summed E-state index contributed by atoms with van der Waals surface area (Å²) in [5, 5.41) is 13.8. The molecule has 92 valence electrons. The SMILES string of the molecule is CCCC(C)=NNC(=O)c1cc(Cl)ccc1O. The molecule has 1 aromatic rings. The van der Waals surface area contributed by atoms with Crippen LogP contribution in [0.15, 0.2) is 23.3 Å². The van der Waals surface area contributed by atoms with E-state index in [1.807, 2.05) is 13.8 Å². The minimum Gasteiger partial charge on any atom is -0.507 e. The zero-order valence-corrected chi connectivity index (χ0v) is 10.6. The summed E-state index contributed by atoms with van der Waals surface area (Å²) in [6.45, 7) is 3.87. The monoisotopic (exact) mass is 254 g/mol. The van der Waals surface area contributed by atoms with E-state index in [9.17, 15) is 9.90 Å². The first-order chi connectivity index (χ1) is 8.04. The molecular formula is C12H15ClN2O2. The van der Waals surface area contributed by atoms with Crippen molar-refractivity contribution in [3.63, 3.8) is 0 Å². The Kier molecular flexibility index (Phi) is 4.97. The van der Waals surface area contributed by atoms with Crippen molar-refractivity contribution in [1.82, 2.24) is 5.43 Å². The third-order valence-corrected chi connectivity index (χ3v) is 2.40. The fourth-order valence-corrected chi connectivity index (χ4v) is 1.49. The Morgan fingerprint density at radius 1 is 1.53 bits per heavy atom. The van der Waals surface area contributed by atoms with Crippen molar-refractivity contribution in [2.45, 2.75) is 26.7 Å². The Balaban J connectivity index is 2.76. The number of hydrogen-bond acceptors (Lipinski definition) is 3. The molecule has 0 unspecified atom stereocenters. The van der Waals surface area contributed by atoms with Crippen LogP contribution in [0.2, 0.25) is 5.02 Å². The summed E-state index contributed by atoms with van der Waals surface area (Å²) in [4.78, 5) is 11.7. The predicted molar refractivity (Wildman–Crippen MR) is 68.6 cm³/mol. The number of hydrazone groups is 1. The van der Waals surface area contributed by atoms with Crippen molar-refractivity contribution in [3.05, 3.63) is 28.8 Å². The maximum Gasteiger partial charge on any atom is 0.275 e. The smallest absolute Gasteiger partial charge is 0.275 e. The number of nitrogens with zero attached hydrogens (tertiary/aromatic N) is 1. The van der Waals surface area contributed by atoms with Crippen LogP contribution in [0.5, 0.6) is 5.75 Å². The van der Waals surface area contributed by atoms with E-state index in [2.05, 4.69) is 10.5 Å². The van der Waals surface area contributed by atoms with E-state index in [1.54, 1.807) is 0 Å². The van der Waals surface area contributed by atoms with Gasteiger partial charge in [-0.15, -0.1) is 0 Å². The van der Waals surface area contributed by atoms with Crippen molar-refractivity contribution >= 4 is 23.2 Å². The number of benzene rings is 1. The molecule has 0 radical (unpaired) electrons. The lowest BCUT2D eigenvalue weighted by molar-refractivity contribution is 0.0952. The van der Waals surface area contributed by atoms with E-state index in [1.165, 1.54) is 18.2 Å².